The van der Waals surface area contributed by atoms with E-state index in [2.05, 4.69) is 36.4 Å². The molecule has 0 spiro atoms. The minimum absolute atomic E-state index is 0.542. The van der Waals surface area contributed by atoms with Crippen molar-refractivity contribution in [1.29, 1.82) is 0 Å². The van der Waals surface area contributed by atoms with Crippen LogP contribution in [-0.4, -0.2) is 25.1 Å². The highest BCUT2D eigenvalue weighted by Gasteiger charge is 2.45. The van der Waals surface area contributed by atoms with Crippen LogP contribution >= 0.6 is 0 Å². The average Bonchev–Trinajstić information content (AvgIpc) is 3.03. The standard InChI is InChI=1S/C12H23N3/c1-4-13-11(15-10-5-6-10)14-8-9-7-12(9,2)3/h9-10H,4-8H2,1-3H3,(H2,13,14,15). The van der Waals surface area contributed by atoms with Crippen molar-refractivity contribution < 1.29 is 0 Å². The molecule has 0 saturated heterocycles. The third-order valence-electron chi connectivity index (χ3n) is 3.45. The first-order valence-corrected chi connectivity index (χ1v) is 6.16. The highest BCUT2D eigenvalue weighted by molar-refractivity contribution is 5.80. The molecular formula is C12H23N3. The molecule has 86 valence electrons. The molecule has 2 N–H and O–H groups in total. The molecule has 1 atom stereocenters. The lowest BCUT2D eigenvalue weighted by molar-refractivity contribution is 0.564. The molecule has 1 unspecified atom stereocenters. The molecule has 0 amide bonds. The third-order valence-corrected chi connectivity index (χ3v) is 3.45. The predicted octanol–water partition coefficient (Wildman–Crippen LogP) is 1.75. The summed E-state index contributed by atoms with van der Waals surface area (Å²) in [6, 6.07) is 0.690. The Kier molecular flexibility index (Phi) is 2.89. The van der Waals surface area contributed by atoms with Crippen LogP contribution in [0.2, 0.25) is 0 Å². The maximum atomic E-state index is 4.65. The van der Waals surface area contributed by atoms with Crippen molar-refractivity contribution in [2.75, 3.05) is 13.1 Å². The lowest BCUT2D eigenvalue weighted by Crippen LogP contribution is -2.38. The molecule has 0 aromatic rings. The molecule has 3 nitrogen and oxygen atoms in total. The molecule has 0 aromatic heterocycles. The van der Waals surface area contributed by atoms with Gasteiger partial charge in [0, 0.05) is 19.1 Å². The Bertz CT molecular complexity index is 254. The van der Waals surface area contributed by atoms with E-state index in [0.29, 0.717) is 11.5 Å². The minimum Gasteiger partial charge on any atom is -0.357 e. The van der Waals surface area contributed by atoms with Crippen molar-refractivity contribution in [3.8, 4) is 0 Å². The zero-order valence-electron chi connectivity index (χ0n) is 10.1. The number of hydrogen-bond acceptors (Lipinski definition) is 1. The molecule has 0 aliphatic heterocycles. The van der Waals surface area contributed by atoms with Crippen LogP contribution in [0.4, 0.5) is 0 Å². The van der Waals surface area contributed by atoms with Crippen molar-refractivity contribution in [3.63, 3.8) is 0 Å². The summed E-state index contributed by atoms with van der Waals surface area (Å²) in [5, 5.41) is 6.74. The maximum absolute atomic E-state index is 4.65. The maximum Gasteiger partial charge on any atom is 0.191 e. The zero-order valence-corrected chi connectivity index (χ0v) is 10.1. The highest BCUT2D eigenvalue weighted by atomic mass is 15.2. The van der Waals surface area contributed by atoms with Crippen molar-refractivity contribution in [3.05, 3.63) is 0 Å². The number of rotatable bonds is 4. The number of aliphatic imine (C=N–C) groups is 1. The fourth-order valence-corrected chi connectivity index (χ4v) is 1.83. The molecule has 2 aliphatic carbocycles. The van der Waals surface area contributed by atoms with Crippen LogP contribution in [0.3, 0.4) is 0 Å². The lowest BCUT2D eigenvalue weighted by Gasteiger charge is -2.10. The van der Waals surface area contributed by atoms with Gasteiger partial charge < -0.3 is 10.6 Å². The summed E-state index contributed by atoms with van der Waals surface area (Å²) in [5.74, 6) is 1.81. The Hall–Kier alpha value is -0.730. The van der Waals surface area contributed by atoms with Crippen molar-refractivity contribution in [2.24, 2.45) is 16.3 Å². The predicted molar refractivity (Wildman–Crippen MR) is 64.0 cm³/mol. The topological polar surface area (TPSA) is 36.4 Å². The molecule has 3 heteroatoms. The average molecular weight is 209 g/mol. The quantitative estimate of drug-likeness (QED) is 0.546. The minimum atomic E-state index is 0.542. The second kappa shape index (κ2) is 4.03. The highest BCUT2D eigenvalue weighted by Crippen LogP contribution is 2.51. The summed E-state index contributed by atoms with van der Waals surface area (Å²) in [5.41, 5.74) is 0.542. The number of hydrogen-bond donors (Lipinski definition) is 2. The van der Waals surface area contributed by atoms with Gasteiger partial charge >= 0.3 is 0 Å². The van der Waals surface area contributed by atoms with Gasteiger partial charge in [-0.15, -0.1) is 0 Å². The molecule has 2 saturated carbocycles. The molecule has 2 rings (SSSR count). The van der Waals surface area contributed by atoms with Gasteiger partial charge in [0.2, 0.25) is 0 Å². The second-order valence-corrected chi connectivity index (χ2v) is 5.53. The summed E-state index contributed by atoms with van der Waals surface area (Å²) in [6.45, 7) is 8.70. The van der Waals surface area contributed by atoms with Crippen molar-refractivity contribution in [2.45, 2.75) is 46.1 Å². The van der Waals surface area contributed by atoms with E-state index in [1.54, 1.807) is 0 Å². The first kappa shape index (κ1) is 10.8. The number of nitrogens with zero attached hydrogens (tertiary/aromatic N) is 1. The molecule has 2 fully saturated rings. The summed E-state index contributed by atoms with van der Waals surface area (Å²) in [4.78, 5) is 4.65. The monoisotopic (exact) mass is 209 g/mol. The first-order chi connectivity index (χ1) is 7.12. The summed E-state index contributed by atoms with van der Waals surface area (Å²) in [7, 11) is 0. The van der Waals surface area contributed by atoms with Gasteiger partial charge in [0.25, 0.3) is 0 Å². The Morgan fingerprint density at radius 1 is 1.40 bits per heavy atom. The van der Waals surface area contributed by atoms with Crippen molar-refractivity contribution in [1.82, 2.24) is 10.6 Å². The molecule has 2 aliphatic rings. The smallest absolute Gasteiger partial charge is 0.191 e. The van der Waals surface area contributed by atoms with E-state index in [4.69, 9.17) is 0 Å². The van der Waals surface area contributed by atoms with Gasteiger partial charge in [0.15, 0.2) is 5.96 Å². The van der Waals surface area contributed by atoms with Crippen LogP contribution in [0.1, 0.15) is 40.0 Å². The van der Waals surface area contributed by atoms with Crippen LogP contribution in [0.15, 0.2) is 4.99 Å². The molecular weight excluding hydrogens is 186 g/mol. The van der Waals surface area contributed by atoms with Crippen LogP contribution in [0.5, 0.6) is 0 Å². The first-order valence-electron chi connectivity index (χ1n) is 6.16. The van der Waals surface area contributed by atoms with Crippen LogP contribution in [0, 0.1) is 11.3 Å². The third kappa shape index (κ3) is 3.11. The number of guanidine groups is 1. The van der Waals surface area contributed by atoms with E-state index in [0.717, 1.165) is 25.0 Å². The van der Waals surface area contributed by atoms with Crippen molar-refractivity contribution >= 4 is 5.96 Å². The Morgan fingerprint density at radius 2 is 2.07 bits per heavy atom. The van der Waals surface area contributed by atoms with Gasteiger partial charge in [-0.2, -0.15) is 0 Å². The van der Waals surface area contributed by atoms with E-state index in [1.807, 2.05) is 0 Å². The Labute approximate surface area is 92.7 Å². The van der Waals surface area contributed by atoms with Gasteiger partial charge in [0.1, 0.15) is 0 Å². The van der Waals surface area contributed by atoms with Crippen LogP contribution < -0.4 is 10.6 Å². The lowest BCUT2D eigenvalue weighted by atomic mass is 10.1. The van der Waals surface area contributed by atoms with Crippen LogP contribution in [-0.2, 0) is 0 Å². The largest absolute Gasteiger partial charge is 0.357 e. The normalized spacial score (nSPS) is 28.7. The van der Waals surface area contributed by atoms with E-state index in [9.17, 15) is 0 Å². The fraction of sp³-hybridized carbons (Fsp3) is 0.917. The number of nitrogens with one attached hydrogen (secondary N) is 2. The second-order valence-electron chi connectivity index (χ2n) is 5.53. The van der Waals surface area contributed by atoms with Crippen LogP contribution in [0.25, 0.3) is 0 Å². The van der Waals surface area contributed by atoms with Gasteiger partial charge in [-0.05, 0) is 37.5 Å². The SMILES string of the molecule is CCNC(=NCC1CC1(C)C)NC1CC1. The molecule has 15 heavy (non-hydrogen) atoms. The van der Waals surface area contributed by atoms with Gasteiger partial charge in [-0.25, -0.2) is 0 Å². The van der Waals surface area contributed by atoms with E-state index < -0.39 is 0 Å². The summed E-state index contributed by atoms with van der Waals surface area (Å²) >= 11 is 0. The van der Waals surface area contributed by atoms with E-state index >= 15 is 0 Å². The summed E-state index contributed by atoms with van der Waals surface area (Å²) < 4.78 is 0. The summed E-state index contributed by atoms with van der Waals surface area (Å²) in [6.07, 6.45) is 3.94. The molecule has 0 heterocycles. The molecule has 0 radical (unpaired) electrons. The van der Waals surface area contributed by atoms with E-state index in [1.165, 1.54) is 19.3 Å². The Morgan fingerprint density at radius 3 is 2.53 bits per heavy atom. The zero-order chi connectivity index (χ0) is 10.9. The van der Waals surface area contributed by atoms with Gasteiger partial charge in [-0.3, -0.25) is 4.99 Å². The Balaban J connectivity index is 1.78. The molecule has 0 bridgehead atoms. The van der Waals surface area contributed by atoms with Gasteiger partial charge in [-0.1, -0.05) is 13.8 Å². The fourth-order valence-electron chi connectivity index (χ4n) is 1.83. The van der Waals surface area contributed by atoms with E-state index in [-0.39, 0.29) is 0 Å². The molecule has 0 aromatic carbocycles. The van der Waals surface area contributed by atoms with Gasteiger partial charge in [0.05, 0.1) is 0 Å².